The lowest BCUT2D eigenvalue weighted by molar-refractivity contribution is -0.135. The van der Waals surface area contributed by atoms with Gasteiger partial charge in [0.25, 0.3) is 5.91 Å². The average molecular weight is 452 g/mol. The summed E-state index contributed by atoms with van der Waals surface area (Å²) in [6.07, 6.45) is 2.47. The molecule has 2 aromatic rings. The van der Waals surface area contributed by atoms with Gasteiger partial charge in [-0.15, -0.1) is 0 Å². The van der Waals surface area contributed by atoms with Crippen LogP contribution in [0.5, 0.6) is 0 Å². The average Bonchev–Trinajstić information content (AvgIpc) is 3.10. The zero-order chi connectivity index (χ0) is 21.5. The minimum atomic E-state index is -0.697. The van der Waals surface area contributed by atoms with Gasteiger partial charge in [-0.3, -0.25) is 9.59 Å². The molecule has 1 fully saturated rings. The highest BCUT2D eigenvalue weighted by Gasteiger charge is 2.25. The molecule has 0 atom stereocenters. The van der Waals surface area contributed by atoms with E-state index in [-0.39, 0.29) is 40.3 Å². The molecule has 3 rings (SSSR count). The molecule has 1 aliphatic rings. The van der Waals surface area contributed by atoms with Gasteiger partial charge in [0.05, 0.1) is 5.02 Å². The van der Waals surface area contributed by atoms with E-state index in [0.717, 1.165) is 5.56 Å². The summed E-state index contributed by atoms with van der Waals surface area (Å²) < 4.78 is 5.03. The molecule has 1 aromatic heterocycles. The highest BCUT2D eigenvalue weighted by atomic mass is 35.5. The van der Waals surface area contributed by atoms with Crippen LogP contribution in [-0.4, -0.2) is 53.4 Å². The summed E-state index contributed by atoms with van der Waals surface area (Å²) in [5.74, 6) is -0.959. The fourth-order valence-electron chi connectivity index (χ4n) is 3.29. The number of aromatic amines is 1. The van der Waals surface area contributed by atoms with E-state index >= 15 is 0 Å². The lowest BCUT2D eigenvalue weighted by Crippen LogP contribution is -2.47. The molecule has 2 amide bonds. The van der Waals surface area contributed by atoms with Crippen molar-refractivity contribution in [3.8, 4) is 0 Å². The number of ether oxygens (including phenoxy) is 1. The first kappa shape index (κ1) is 22.2. The molecular weight excluding hydrogens is 429 g/mol. The van der Waals surface area contributed by atoms with E-state index in [1.807, 2.05) is 30.3 Å². The van der Waals surface area contributed by atoms with Crippen LogP contribution >= 0.6 is 23.2 Å². The summed E-state index contributed by atoms with van der Waals surface area (Å²) in [6.45, 7) is 0.640. The molecule has 0 spiro atoms. The standard InChI is InChI=1S/C21H23Cl2N3O4/c22-16-12-17(25-20(16)23)21(29)30-13-19(28)26-10-8-15(9-11-26)24-18(27)7-6-14-4-2-1-3-5-14/h1-5,12,15,25H,6-11,13H2,(H,24,27). The minimum absolute atomic E-state index is 0.0147. The summed E-state index contributed by atoms with van der Waals surface area (Å²) >= 11 is 11.5. The summed E-state index contributed by atoms with van der Waals surface area (Å²) in [5.41, 5.74) is 1.22. The summed E-state index contributed by atoms with van der Waals surface area (Å²) in [4.78, 5) is 40.6. The van der Waals surface area contributed by atoms with Gasteiger partial charge in [0.1, 0.15) is 10.8 Å². The first-order valence-electron chi connectivity index (χ1n) is 9.74. The van der Waals surface area contributed by atoms with Crippen molar-refractivity contribution < 1.29 is 19.1 Å². The van der Waals surface area contributed by atoms with Crippen molar-refractivity contribution in [2.75, 3.05) is 19.7 Å². The number of amides is 2. The lowest BCUT2D eigenvalue weighted by Gasteiger charge is -2.32. The number of hydrogen-bond acceptors (Lipinski definition) is 4. The lowest BCUT2D eigenvalue weighted by atomic mass is 10.0. The molecule has 1 saturated heterocycles. The topological polar surface area (TPSA) is 91.5 Å². The maximum absolute atomic E-state index is 12.3. The van der Waals surface area contributed by atoms with Crippen LogP contribution in [-0.2, 0) is 20.7 Å². The largest absolute Gasteiger partial charge is 0.451 e. The fraction of sp³-hybridized carbons (Fsp3) is 0.381. The Labute approximate surface area is 184 Å². The number of aromatic nitrogens is 1. The van der Waals surface area contributed by atoms with Crippen LogP contribution in [0.15, 0.2) is 36.4 Å². The van der Waals surface area contributed by atoms with Crippen molar-refractivity contribution in [1.29, 1.82) is 0 Å². The van der Waals surface area contributed by atoms with E-state index in [1.165, 1.54) is 6.07 Å². The molecular formula is C21H23Cl2N3O4. The molecule has 2 heterocycles. The number of aryl methyl sites for hydroxylation is 1. The van der Waals surface area contributed by atoms with E-state index in [0.29, 0.717) is 38.8 Å². The maximum Gasteiger partial charge on any atom is 0.355 e. The van der Waals surface area contributed by atoms with Crippen LogP contribution < -0.4 is 5.32 Å². The summed E-state index contributed by atoms with van der Waals surface area (Å²) in [5, 5.41) is 3.39. The number of likely N-dealkylation sites (tertiary alicyclic amines) is 1. The number of carbonyl (C=O) groups excluding carboxylic acids is 3. The third-order valence-electron chi connectivity index (χ3n) is 4.97. The van der Waals surface area contributed by atoms with Crippen LogP contribution in [0.1, 0.15) is 35.3 Å². The van der Waals surface area contributed by atoms with Crippen molar-refractivity contribution >= 4 is 41.0 Å². The Hall–Kier alpha value is -2.51. The second-order valence-corrected chi connectivity index (χ2v) is 7.91. The van der Waals surface area contributed by atoms with E-state index in [2.05, 4.69) is 10.3 Å². The molecule has 0 radical (unpaired) electrons. The van der Waals surface area contributed by atoms with Crippen molar-refractivity contribution in [3.05, 3.63) is 57.8 Å². The van der Waals surface area contributed by atoms with E-state index in [9.17, 15) is 14.4 Å². The minimum Gasteiger partial charge on any atom is -0.451 e. The Morgan fingerprint density at radius 2 is 1.83 bits per heavy atom. The number of hydrogen-bond donors (Lipinski definition) is 2. The number of nitrogens with zero attached hydrogens (tertiary/aromatic N) is 1. The quantitative estimate of drug-likeness (QED) is 0.632. The second kappa shape index (κ2) is 10.5. The van der Waals surface area contributed by atoms with E-state index in [4.69, 9.17) is 27.9 Å². The molecule has 9 heteroatoms. The first-order chi connectivity index (χ1) is 14.4. The Morgan fingerprint density at radius 1 is 1.13 bits per heavy atom. The number of carbonyl (C=O) groups is 3. The molecule has 1 aromatic carbocycles. The molecule has 0 saturated carbocycles. The van der Waals surface area contributed by atoms with Crippen molar-refractivity contribution in [3.63, 3.8) is 0 Å². The zero-order valence-corrected chi connectivity index (χ0v) is 17.8. The fourth-order valence-corrected chi connectivity index (χ4v) is 3.60. The van der Waals surface area contributed by atoms with Crippen LogP contribution in [0.3, 0.4) is 0 Å². The summed E-state index contributed by atoms with van der Waals surface area (Å²) in [6, 6.07) is 11.3. The Morgan fingerprint density at radius 3 is 2.47 bits per heavy atom. The predicted octanol–water partition coefficient (Wildman–Crippen LogP) is 3.22. The number of esters is 1. The molecule has 1 aliphatic heterocycles. The third kappa shape index (κ3) is 6.24. The highest BCUT2D eigenvalue weighted by molar-refractivity contribution is 6.41. The second-order valence-electron chi connectivity index (χ2n) is 7.13. The molecule has 2 N–H and O–H groups in total. The molecule has 0 unspecified atom stereocenters. The normalized spacial score (nSPS) is 14.4. The van der Waals surface area contributed by atoms with Crippen LogP contribution in [0.25, 0.3) is 0 Å². The van der Waals surface area contributed by atoms with Gasteiger partial charge < -0.3 is 19.9 Å². The number of piperidine rings is 1. The van der Waals surface area contributed by atoms with Gasteiger partial charge >= 0.3 is 5.97 Å². The monoisotopic (exact) mass is 451 g/mol. The SMILES string of the molecule is O=C(CCc1ccccc1)NC1CCN(C(=O)COC(=O)c2cc(Cl)c(Cl)[nH]2)CC1. The number of benzene rings is 1. The van der Waals surface area contributed by atoms with Gasteiger partial charge in [-0.25, -0.2) is 4.79 Å². The Balaban J connectivity index is 1.35. The molecule has 30 heavy (non-hydrogen) atoms. The van der Waals surface area contributed by atoms with Crippen LogP contribution in [0.4, 0.5) is 0 Å². The number of halogens is 2. The zero-order valence-electron chi connectivity index (χ0n) is 16.3. The van der Waals surface area contributed by atoms with Crippen LogP contribution in [0, 0.1) is 0 Å². The molecule has 0 aliphatic carbocycles. The molecule has 7 nitrogen and oxygen atoms in total. The third-order valence-corrected chi connectivity index (χ3v) is 5.66. The maximum atomic E-state index is 12.3. The molecule has 160 valence electrons. The van der Waals surface area contributed by atoms with Gasteiger partial charge in [0.2, 0.25) is 5.91 Å². The molecule has 0 bridgehead atoms. The number of H-pyrrole nitrogens is 1. The van der Waals surface area contributed by atoms with E-state index in [1.54, 1.807) is 4.90 Å². The highest BCUT2D eigenvalue weighted by Crippen LogP contribution is 2.22. The van der Waals surface area contributed by atoms with Crippen molar-refractivity contribution in [2.45, 2.75) is 31.7 Å². The number of rotatable bonds is 7. The Kier molecular flexibility index (Phi) is 7.76. The smallest absolute Gasteiger partial charge is 0.355 e. The Bertz CT molecular complexity index is 873. The van der Waals surface area contributed by atoms with Gasteiger partial charge in [0, 0.05) is 25.6 Å². The first-order valence-corrected chi connectivity index (χ1v) is 10.5. The number of nitrogens with one attached hydrogen (secondary N) is 2. The van der Waals surface area contributed by atoms with Crippen molar-refractivity contribution in [2.24, 2.45) is 0 Å². The van der Waals surface area contributed by atoms with Gasteiger partial charge in [-0.1, -0.05) is 53.5 Å². The van der Waals surface area contributed by atoms with Gasteiger partial charge in [0.15, 0.2) is 6.61 Å². The van der Waals surface area contributed by atoms with Crippen LogP contribution in [0.2, 0.25) is 10.2 Å². The van der Waals surface area contributed by atoms with Crippen molar-refractivity contribution in [1.82, 2.24) is 15.2 Å². The van der Waals surface area contributed by atoms with Gasteiger partial charge in [-0.2, -0.15) is 0 Å². The predicted molar refractivity (Wildman–Crippen MR) is 114 cm³/mol. The van der Waals surface area contributed by atoms with E-state index < -0.39 is 5.97 Å². The summed E-state index contributed by atoms with van der Waals surface area (Å²) in [7, 11) is 0. The van der Waals surface area contributed by atoms with Gasteiger partial charge in [-0.05, 0) is 30.9 Å².